The standard InChI is InChI=1S/C26H27NO3/c1-2-3-12-19-13-10-11-18-22(19)23(25(27)28)26(29)30-24(20-14-6-4-7-15-20)21-16-8-5-9-17-21/h4-11,13-18,23-24H,2-3,12H2,1H3,(H2,27,28). The minimum atomic E-state index is -1.15. The first kappa shape index (κ1) is 21.3. The predicted octanol–water partition coefficient (Wildman–Crippen LogP) is 4.93. The third-order valence-electron chi connectivity index (χ3n) is 5.12. The van der Waals surface area contributed by atoms with Gasteiger partial charge in [-0.25, -0.2) is 0 Å². The topological polar surface area (TPSA) is 69.4 Å². The van der Waals surface area contributed by atoms with Crippen LogP contribution in [-0.2, 0) is 20.7 Å². The molecule has 0 aliphatic carbocycles. The fraction of sp³-hybridized carbons (Fsp3) is 0.231. The number of hydrogen-bond donors (Lipinski definition) is 1. The molecule has 154 valence electrons. The Morgan fingerprint density at radius 3 is 1.90 bits per heavy atom. The van der Waals surface area contributed by atoms with Crippen LogP contribution in [0.1, 0.15) is 54.0 Å². The van der Waals surface area contributed by atoms with Crippen molar-refractivity contribution in [2.75, 3.05) is 0 Å². The van der Waals surface area contributed by atoms with Gasteiger partial charge in [-0.05, 0) is 35.1 Å². The number of amides is 1. The summed E-state index contributed by atoms with van der Waals surface area (Å²) >= 11 is 0. The van der Waals surface area contributed by atoms with Crippen LogP contribution in [0.15, 0.2) is 84.9 Å². The lowest BCUT2D eigenvalue weighted by Gasteiger charge is -2.23. The van der Waals surface area contributed by atoms with Crippen LogP contribution in [0.5, 0.6) is 0 Å². The van der Waals surface area contributed by atoms with E-state index in [-0.39, 0.29) is 0 Å². The van der Waals surface area contributed by atoms with Crippen molar-refractivity contribution in [3.05, 3.63) is 107 Å². The number of primary amides is 1. The number of benzene rings is 3. The number of rotatable bonds is 9. The second-order valence-electron chi connectivity index (χ2n) is 7.28. The van der Waals surface area contributed by atoms with Gasteiger partial charge in [0.1, 0.15) is 0 Å². The fourth-order valence-electron chi connectivity index (χ4n) is 3.58. The second-order valence-corrected chi connectivity index (χ2v) is 7.28. The van der Waals surface area contributed by atoms with Gasteiger partial charge in [0.25, 0.3) is 0 Å². The van der Waals surface area contributed by atoms with Gasteiger partial charge in [-0.2, -0.15) is 0 Å². The van der Waals surface area contributed by atoms with Gasteiger partial charge < -0.3 is 10.5 Å². The largest absolute Gasteiger partial charge is 0.452 e. The second kappa shape index (κ2) is 10.4. The Morgan fingerprint density at radius 1 is 0.833 bits per heavy atom. The zero-order valence-corrected chi connectivity index (χ0v) is 17.2. The van der Waals surface area contributed by atoms with Gasteiger partial charge >= 0.3 is 5.97 Å². The molecular formula is C26H27NO3. The highest BCUT2D eigenvalue weighted by molar-refractivity contribution is 6.03. The molecule has 0 saturated carbocycles. The molecule has 2 N–H and O–H groups in total. The molecule has 0 spiro atoms. The first-order valence-corrected chi connectivity index (χ1v) is 10.3. The van der Waals surface area contributed by atoms with Crippen LogP contribution in [0.3, 0.4) is 0 Å². The van der Waals surface area contributed by atoms with Crippen LogP contribution in [0.4, 0.5) is 0 Å². The van der Waals surface area contributed by atoms with Gasteiger partial charge in [0, 0.05) is 0 Å². The molecule has 0 bridgehead atoms. The number of nitrogens with two attached hydrogens (primary N) is 1. The minimum Gasteiger partial charge on any atom is -0.452 e. The van der Waals surface area contributed by atoms with E-state index < -0.39 is 23.9 Å². The third-order valence-corrected chi connectivity index (χ3v) is 5.12. The first-order valence-electron chi connectivity index (χ1n) is 10.3. The highest BCUT2D eigenvalue weighted by Gasteiger charge is 2.32. The number of esters is 1. The van der Waals surface area contributed by atoms with Crippen molar-refractivity contribution in [1.29, 1.82) is 0 Å². The number of hydrogen-bond acceptors (Lipinski definition) is 3. The highest BCUT2D eigenvalue weighted by atomic mass is 16.5. The molecule has 0 saturated heterocycles. The summed E-state index contributed by atoms with van der Waals surface area (Å²) in [5.41, 5.74) is 8.93. The summed E-state index contributed by atoms with van der Waals surface area (Å²) < 4.78 is 5.92. The van der Waals surface area contributed by atoms with Gasteiger partial charge in [0.15, 0.2) is 12.0 Å². The van der Waals surface area contributed by atoms with Gasteiger partial charge in [0.05, 0.1) is 0 Å². The molecule has 1 atom stereocenters. The lowest BCUT2D eigenvalue weighted by molar-refractivity contribution is -0.151. The van der Waals surface area contributed by atoms with Crippen LogP contribution in [0.25, 0.3) is 0 Å². The minimum absolute atomic E-state index is 0.621. The molecule has 1 amide bonds. The Hall–Kier alpha value is -3.40. The Kier molecular flexibility index (Phi) is 7.39. The molecule has 0 radical (unpaired) electrons. The Balaban J connectivity index is 1.95. The summed E-state index contributed by atoms with van der Waals surface area (Å²) in [6.07, 6.45) is 2.15. The summed E-state index contributed by atoms with van der Waals surface area (Å²) in [6, 6.07) is 26.5. The highest BCUT2D eigenvalue weighted by Crippen LogP contribution is 2.30. The predicted molar refractivity (Wildman–Crippen MR) is 118 cm³/mol. The maximum absolute atomic E-state index is 13.2. The van der Waals surface area contributed by atoms with Crippen molar-refractivity contribution in [3.63, 3.8) is 0 Å². The van der Waals surface area contributed by atoms with E-state index in [4.69, 9.17) is 10.5 Å². The Labute approximate surface area is 177 Å². The van der Waals surface area contributed by atoms with Crippen LogP contribution in [0.2, 0.25) is 0 Å². The molecule has 0 aromatic heterocycles. The van der Waals surface area contributed by atoms with E-state index >= 15 is 0 Å². The molecule has 0 aliphatic rings. The number of aryl methyl sites for hydroxylation is 1. The summed E-state index contributed by atoms with van der Waals surface area (Å²) in [4.78, 5) is 25.6. The average Bonchev–Trinajstić information content (AvgIpc) is 2.78. The zero-order valence-electron chi connectivity index (χ0n) is 17.2. The molecule has 1 unspecified atom stereocenters. The van der Waals surface area contributed by atoms with Crippen molar-refractivity contribution >= 4 is 11.9 Å². The number of carbonyl (C=O) groups excluding carboxylic acids is 2. The lowest BCUT2D eigenvalue weighted by Crippen LogP contribution is -2.31. The van der Waals surface area contributed by atoms with Crippen molar-refractivity contribution in [2.24, 2.45) is 5.73 Å². The number of unbranched alkanes of at least 4 members (excludes halogenated alkanes) is 1. The van der Waals surface area contributed by atoms with E-state index in [1.807, 2.05) is 78.9 Å². The van der Waals surface area contributed by atoms with Gasteiger partial charge in [-0.15, -0.1) is 0 Å². The summed E-state index contributed by atoms with van der Waals surface area (Å²) in [5, 5.41) is 0. The summed E-state index contributed by atoms with van der Waals surface area (Å²) in [5.74, 6) is -2.49. The quantitative estimate of drug-likeness (QED) is 0.408. The molecular weight excluding hydrogens is 374 g/mol. The molecule has 4 nitrogen and oxygen atoms in total. The number of ether oxygens (including phenoxy) is 1. The van der Waals surface area contributed by atoms with Crippen molar-refractivity contribution in [3.8, 4) is 0 Å². The SMILES string of the molecule is CCCCc1ccccc1C(C(N)=O)C(=O)OC(c1ccccc1)c1ccccc1. The van der Waals surface area contributed by atoms with Gasteiger partial charge in [0.2, 0.25) is 5.91 Å². The normalized spacial score (nSPS) is 11.8. The molecule has 0 aliphatic heterocycles. The summed E-state index contributed by atoms with van der Waals surface area (Å²) in [7, 11) is 0. The van der Waals surface area contributed by atoms with E-state index in [2.05, 4.69) is 6.92 Å². The average molecular weight is 402 g/mol. The van der Waals surface area contributed by atoms with E-state index in [1.165, 1.54) is 0 Å². The fourth-order valence-corrected chi connectivity index (χ4v) is 3.58. The van der Waals surface area contributed by atoms with Crippen molar-refractivity contribution in [2.45, 2.75) is 38.2 Å². The molecule has 30 heavy (non-hydrogen) atoms. The molecule has 4 heteroatoms. The maximum Gasteiger partial charge on any atom is 0.324 e. The smallest absolute Gasteiger partial charge is 0.324 e. The maximum atomic E-state index is 13.2. The van der Waals surface area contributed by atoms with Crippen LogP contribution >= 0.6 is 0 Å². The van der Waals surface area contributed by atoms with Gasteiger partial charge in [-0.1, -0.05) is 98.3 Å². The lowest BCUT2D eigenvalue weighted by atomic mass is 9.91. The van der Waals surface area contributed by atoms with Crippen LogP contribution in [0, 0.1) is 0 Å². The van der Waals surface area contributed by atoms with Gasteiger partial charge in [-0.3, -0.25) is 9.59 Å². The first-order chi connectivity index (χ1) is 14.6. The van der Waals surface area contributed by atoms with Crippen molar-refractivity contribution in [1.82, 2.24) is 0 Å². The molecule has 3 aromatic carbocycles. The van der Waals surface area contributed by atoms with Crippen molar-refractivity contribution < 1.29 is 14.3 Å². The number of carbonyl (C=O) groups is 2. The van der Waals surface area contributed by atoms with E-state index in [0.29, 0.717) is 5.56 Å². The van der Waals surface area contributed by atoms with E-state index in [0.717, 1.165) is 36.0 Å². The Morgan fingerprint density at radius 2 is 1.37 bits per heavy atom. The Bertz CT molecular complexity index is 930. The van der Waals surface area contributed by atoms with E-state index in [9.17, 15) is 9.59 Å². The monoisotopic (exact) mass is 401 g/mol. The van der Waals surface area contributed by atoms with E-state index in [1.54, 1.807) is 6.07 Å². The summed E-state index contributed by atoms with van der Waals surface area (Å²) in [6.45, 7) is 2.10. The molecule has 0 heterocycles. The van der Waals surface area contributed by atoms with Crippen LogP contribution < -0.4 is 5.73 Å². The molecule has 0 fully saturated rings. The van der Waals surface area contributed by atoms with Crippen LogP contribution in [-0.4, -0.2) is 11.9 Å². The molecule has 3 aromatic rings. The zero-order chi connectivity index (χ0) is 21.3. The third kappa shape index (κ3) is 5.15. The molecule has 3 rings (SSSR count).